The molecule has 0 aliphatic heterocycles. The fourth-order valence-electron chi connectivity index (χ4n) is 2.46. The molecule has 3 N–H and O–H groups in total. The minimum Gasteiger partial charge on any atom is -0.343 e. The van der Waals surface area contributed by atoms with Crippen LogP contribution in [-0.2, 0) is 0 Å². The Morgan fingerprint density at radius 3 is 2.89 bits per heavy atom. The minimum atomic E-state index is -0.280. The maximum absolute atomic E-state index is 12.5. The van der Waals surface area contributed by atoms with E-state index < -0.39 is 0 Å². The molecule has 0 atom stereocenters. The molecular weight excluding hydrogens is 398 g/mol. The van der Waals surface area contributed by atoms with Crippen LogP contribution in [0, 0.1) is 6.92 Å². The summed E-state index contributed by atoms with van der Waals surface area (Å²) in [6.45, 7) is 1.88. The molecule has 1 aromatic carbocycles. The van der Waals surface area contributed by atoms with E-state index in [1.807, 2.05) is 19.1 Å². The smallest absolute Gasteiger partial charge is 0.267 e. The fourth-order valence-corrected chi connectivity index (χ4v) is 3.44. The van der Waals surface area contributed by atoms with Crippen molar-refractivity contribution in [3.63, 3.8) is 0 Å². The van der Waals surface area contributed by atoms with E-state index in [0.29, 0.717) is 38.1 Å². The van der Waals surface area contributed by atoms with Gasteiger partial charge < -0.3 is 15.6 Å². The maximum atomic E-state index is 12.5. The first kappa shape index (κ1) is 18.1. The highest BCUT2D eigenvalue weighted by molar-refractivity contribution is 7.17. The van der Waals surface area contributed by atoms with Gasteiger partial charge in [0.1, 0.15) is 10.6 Å². The molecule has 28 heavy (non-hydrogen) atoms. The summed E-state index contributed by atoms with van der Waals surface area (Å²) in [6.07, 6.45) is 8.03. The number of hydrogen-bond acceptors (Lipinski definition) is 7. The van der Waals surface area contributed by atoms with Crippen LogP contribution >= 0.6 is 22.9 Å². The molecule has 0 unspecified atom stereocenters. The predicted octanol–water partition coefficient (Wildman–Crippen LogP) is 4.28. The minimum absolute atomic E-state index is 0.280. The summed E-state index contributed by atoms with van der Waals surface area (Å²) in [7, 11) is 0. The van der Waals surface area contributed by atoms with Crippen molar-refractivity contribution < 1.29 is 4.79 Å². The molecule has 0 fully saturated rings. The van der Waals surface area contributed by atoms with E-state index in [9.17, 15) is 4.79 Å². The molecule has 0 aliphatic carbocycles. The Balaban J connectivity index is 1.49. The average Bonchev–Trinajstić information content (AvgIpc) is 3.37. The van der Waals surface area contributed by atoms with Crippen molar-refractivity contribution in [2.45, 2.75) is 6.92 Å². The highest BCUT2D eigenvalue weighted by Gasteiger charge is 2.14. The van der Waals surface area contributed by atoms with Gasteiger partial charge in [-0.1, -0.05) is 35.1 Å². The lowest BCUT2D eigenvalue weighted by atomic mass is 10.2. The van der Waals surface area contributed by atoms with Crippen LogP contribution in [0.4, 0.5) is 16.6 Å². The van der Waals surface area contributed by atoms with E-state index in [1.165, 1.54) is 17.5 Å². The molecular formula is C18H14ClN7OS. The number of benzene rings is 1. The van der Waals surface area contributed by atoms with Gasteiger partial charge in [-0.3, -0.25) is 9.78 Å². The van der Waals surface area contributed by atoms with Crippen molar-refractivity contribution in [3.05, 3.63) is 64.6 Å². The zero-order chi connectivity index (χ0) is 19.5. The fraction of sp³-hybridized carbons (Fsp3) is 0.0556. The zero-order valence-corrected chi connectivity index (χ0v) is 16.2. The largest absolute Gasteiger partial charge is 0.343 e. The zero-order valence-electron chi connectivity index (χ0n) is 14.6. The monoisotopic (exact) mass is 411 g/mol. The number of anilines is 3. The maximum Gasteiger partial charge on any atom is 0.267 e. The Morgan fingerprint density at radius 1 is 1.21 bits per heavy atom. The number of nitrogens with one attached hydrogen (secondary N) is 3. The van der Waals surface area contributed by atoms with Gasteiger partial charge >= 0.3 is 0 Å². The van der Waals surface area contributed by atoms with Crippen molar-refractivity contribution >= 4 is 45.5 Å². The first-order valence-corrected chi connectivity index (χ1v) is 9.41. The molecule has 0 saturated carbocycles. The lowest BCUT2D eigenvalue weighted by Gasteiger charge is -2.08. The van der Waals surface area contributed by atoms with Crippen molar-refractivity contribution in [2.24, 2.45) is 0 Å². The number of thiazole rings is 1. The molecule has 8 nitrogen and oxygen atoms in total. The molecule has 0 bridgehead atoms. The normalized spacial score (nSPS) is 10.6. The summed E-state index contributed by atoms with van der Waals surface area (Å²) >= 11 is 7.37. The first-order valence-electron chi connectivity index (χ1n) is 8.21. The number of aromatic amines is 1. The van der Waals surface area contributed by atoms with Gasteiger partial charge in [-0.25, -0.2) is 15.0 Å². The summed E-state index contributed by atoms with van der Waals surface area (Å²) in [5.41, 5.74) is 2.07. The number of carbonyl (C=O) groups excluding carboxylic acids is 1. The van der Waals surface area contributed by atoms with Crippen LogP contribution < -0.4 is 10.6 Å². The third-order valence-corrected chi connectivity index (χ3v) is 5.03. The van der Waals surface area contributed by atoms with Gasteiger partial charge in [0.2, 0.25) is 0 Å². The van der Waals surface area contributed by atoms with Gasteiger partial charge in [0.05, 0.1) is 29.3 Å². The number of aromatic nitrogens is 5. The third kappa shape index (κ3) is 3.85. The van der Waals surface area contributed by atoms with E-state index in [1.54, 1.807) is 30.9 Å². The van der Waals surface area contributed by atoms with Crippen LogP contribution in [0.3, 0.4) is 0 Å². The second-order valence-electron chi connectivity index (χ2n) is 5.77. The van der Waals surface area contributed by atoms with Gasteiger partial charge in [-0.05, 0) is 18.6 Å². The average molecular weight is 412 g/mol. The SMILES string of the molecule is Cc1cccc(Cl)c1NC(=O)c1cnc(Nc2cncc(-c3ncc[nH]3)n2)s1. The number of rotatable bonds is 5. The first-order chi connectivity index (χ1) is 13.6. The predicted molar refractivity (Wildman–Crippen MR) is 109 cm³/mol. The van der Waals surface area contributed by atoms with Gasteiger partial charge in [0.25, 0.3) is 5.91 Å². The van der Waals surface area contributed by atoms with E-state index in [2.05, 4.69) is 35.6 Å². The number of nitrogens with zero attached hydrogens (tertiary/aromatic N) is 4. The quantitative estimate of drug-likeness (QED) is 0.452. The summed E-state index contributed by atoms with van der Waals surface area (Å²) in [6, 6.07) is 5.44. The molecule has 0 saturated heterocycles. The van der Waals surface area contributed by atoms with Gasteiger partial charge in [-0.2, -0.15) is 0 Å². The number of hydrogen-bond donors (Lipinski definition) is 3. The third-order valence-electron chi connectivity index (χ3n) is 3.80. The van der Waals surface area contributed by atoms with E-state index in [-0.39, 0.29) is 5.91 Å². The Hall–Kier alpha value is -3.30. The summed E-state index contributed by atoms with van der Waals surface area (Å²) in [4.78, 5) is 32.9. The van der Waals surface area contributed by atoms with E-state index in [0.717, 1.165) is 5.56 Å². The molecule has 10 heteroatoms. The van der Waals surface area contributed by atoms with E-state index in [4.69, 9.17) is 11.6 Å². The number of imidazole rings is 1. The molecule has 0 spiro atoms. The van der Waals surface area contributed by atoms with Crippen molar-refractivity contribution in [1.29, 1.82) is 0 Å². The van der Waals surface area contributed by atoms with Crippen molar-refractivity contribution in [1.82, 2.24) is 24.9 Å². The Morgan fingerprint density at radius 2 is 2.11 bits per heavy atom. The second kappa shape index (κ2) is 7.75. The molecule has 4 aromatic rings. The molecule has 0 aliphatic rings. The lowest BCUT2D eigenvalue weighted by Crippen LogP contribution is -2.11. The summed E-state index contributed by atoms with van der Waals surface area (Å²) in [5, 5.41) is 6.89. The summed E-state index contributed by atoms with van der Waals surface area (Å²) in [5.74, 6) is 0.833. The number of carbonyl (C=O) groups is 1. The molecule has 140 valence electrons. The van der Waals surface area contributed by atoms with Crippen LogP contribution in [-0.4, -0.2) is 30.8 Å². The molecule has 1 amide bonds. The standard InChI is InChI=1S/C18H14ClN7OS/c1-10-3-2-4-11(19)15(10)26-17(27)13-8-23-18(28-13)25-14-9-20-7-12(24-14)16-21-5-6-22-16/h2-9H,1H3,(H,21,22)(H,26,27)(H,23,24,25). The number of H-pyrrole nitrogens is 1. The van der Waals surface area contributed by atoms with Crippen molar-refractivity contribution in [2.75, 3.05) is 10.6 Å². The Labute approximate surface area is 169 Å². The number of aryl methyl sites for hydroxylation is 1. The number of halogens is 1. The van der Waals surface area contributed by atoms with Gasteiger partial charge in [0.15, 0.2) is 16.8 Å². The van der Waals surface area contributed by atoms with Gasteiger partial charge in [0, 0.05) is 12.4 Å². The molecule has 4 rings (SSSR count). The number of para-hydroxylation sites is 1. The van der Waals surface area contributed by atoms with Gasteiger partial charge in [-0.15, -0.1) is 0 Å². The topological polar surface area (TPSA) is 108 Å². The molecule has 0 radical (unpaired) electrons. The van der Waals surface area contributed by atoms with Crippen LogP contribution in [0.25, 0.3) is 11.5 Å². The number of amides is 1. The van der Waals surface area contributed by atoms with Crippen LogP contribution in [0.15, 0.2) is 49.2 Å². The Kier molecular flexibility index (Phi) is 5.00. The lowest BCUT2D eigenvalue weighted by molar-refractivity contribution is 0.103. The Bertz CT molecular complexity index is 1110. The van der Waals surface area contributed by atoms with Crippen LogP contribution in [0.2, 0.25) is 5.02 Å². The van der Waals surface area contributed by atoms with Crippen molar-refractivity contribution in [3.8, 4) is 11.5 Å². The molecule has 3 heterocycles. The second-order valence-corrected chi connectivity index (χ2v) is 7.21. The highest BCUT2D eigenvalue weighted by atomic mass is 35.5. The highest BCUT2D eigenvalue weighted by Crippen LogP contribution is 2.28. The summed E-state index contributed by atoms with van der Waals surface area (Å²) < 4.78 is 0. The van der Waals surface area contributed by atoms with E-state index >= 15 is 0 Å². The van der Waals surface area contributed by atoms with Crippen LogP contribution in [0.5, 0.6) is 0 Å². The molecule has 3 aromatic heterocycles. The van der Waals surface area contributed by atoms with Crippen LogP contribution in [0.1, 0.15) is 15.2 Å².